The molecule has 5 heteroatoms. The van der Waals surface area contributed by atoms with Crippen LogP contribution >= 0.6 is 0 Å². The standard InChI is InChI=1S/C21H28N2O3/c1-18(21-22-14-16-26-21)13-11-9-7-5-6-8-10-12-15-23(3)20(24)17-19(2)25-4/h5,7,9-12,14,16-17H,1,6,8,13,15H2,2-4H3/b7-5-,11-9-,12-10+,19-17-. The van der Waals surface area contributed by atoms with Crippen molar-refractivity contribution in [1.29, 1.82) is 0 Å². The number of aromatic nitrogens is 1. The first-order chi connectivity index (χ1) is 12.5. The van der Waals surface area contributed by atoms with Gasteiger partial charge in [-0.05, 0) is 26.2 Å². The van der Waals surface area contributed by atoms with E-state index in [1.165, 1.54) is 6.08 Å². The third kappa shape index (κ3) is 8.87. The predicted octanol–water partition coefficient (Wildman–Crippen LogP) is 4.54. The minimum absolute atomic E-state index is 0.0645. The van der Waals surface area contributed by atoms with Gasteiger partial charge in [0.2, 0.25) is 11.8 Å². The lowest BCUT2D eigenvalue weighted by Gasteiger charge is -2.12. The van der Waals surface area contributed by atoms with Gasteiger partial charge in [0.05, 0.1) is 19.1 Å². The fourth-order valence-corrected chi connectivity index (χ4v) is 1.92. The molecule has 26 heavy (non-hydrogen) atoms. The Morgan fingerprint density at radius 1 is 1.27 bits per heavy atom. The van der Waals surface area contributed by atoms with E-state index in [9.17, 15) is 4.79 Å². The molecule has 0 saturated carbocycles. The highest BCUT2D eigenvalue weighted by atomic mass is 16.5. The van der Waals surface area contributed by atoms with Gasteiger partial charge in [-0.3, -0.25) is 4.79 Å². The van der Waals surface area contributed by atoms with E-state index < -0.39 is 0 Å². The molecule has 0 saturated heterocycles. The number of rotatable bonds is 11. The van der Waals surface area contributed by atoms with Gasteiger partial charge in [-0.25, -0.2) is 4.98 Å². The Bertz CT molecular complexity index is 667. The smallest absolute Gasteiger partial charge is 0.249 e. The lowest BCUT2D eigenvalue weighted by atomic mass is 10.2. The van der Waals surface area contributed by atoms with Crippen molar-refractivity contribution in [3.8, 4) is 0 Å². The van der Waals surface area contributed by atoms with Crippen molar-refractivity contribution in [2.45, 2.75) is 26.2 Å². The fraction of sp³-hybridized carbons (Fsp3) is 0.333. The molecule has 1 heterocycles. The van der Waals surface area contributed by atoms with E-state index in [2.05, 4.69) is 23.7 Å². The lowest BCUT2D eigenvalue weighted by Crippen LogP contribution is -2.25. The molecule has 0 atom stereocenters. The maximum Gasteiger partial charge on any atom is 0.249 e. The number of allylic oxidation sites excluding steroid dienone is 7. The van der Waals surface area contributed by atoms with Crippen LogP contribution in [-0.4, -0.2) is 36.5 Å². The Morgan fingerprint density at radius 2 is 2.00 bits per heavy atom. The van der Waals surface area contributed by atoms with Gasteiger partial charge in [0.15, 0.2) is 0 Å². The number of oxazole rings is 1. The van der Waals surface area contributed by atoms with Crippen molar-refractivity contribution in [3.63, 3.8) is 0 Å². The second-order valence-electron chi connectivity index (χ2n) is 5.73. The Labute approximate surface area is 156 Å². The number of hydrogen-bond acceptors (Lipinski definition) is 4. The molecule has 1 rings (SSSR count). The van der Waals surface area contributed by atoms with E-state index in [0.717, 1.165) is 18.4 Å². The first-order valence-electron chi connectivity index (χ1n) is 8.56. The molecule has 0 fully saturated rings. The van der Waals surface area contributed by atoms with Crippen LogP contribution < -0.4 is 0 Å². The van der Waals surface area contributed by atoms with Crippen LogP contribution in [0.2, 0.25) is 0 Å². The first-order valence-corrected chi connectivity index (χ1v) is 8.56. The van der Waals surface area contributed by atoms with Gasteiger partial charge in [-0.1, -0.05) is 43.0 Å². The molecule has 0 N–H and O–H groups in total. The van der Waals surface area contributed by atoms with E-state index in [-0.39, 0.29) is 5.91 Å². The molecule has 0 spiro atoms. The van der Waals surface area contributed by atoms with Gasteiger partial charge in [0.1, 0.15) is 6.26 Å². The van der Waals surface area contributed by atoms with Gasteiger partial charge in [0, 0.05) is 25.2 Å². The van der Waals surface area contributed by atoms with Crippen LogP contribution in [0, 0.1) is 0 Å². The number of ether oxygens (including phenoxy) is 1. The zero-order valence-electron chi connectivity index (χ0n) is 15.9. The molecule has 0 radical (unpaired) electrons. The lowest BCUT2D eigenvalue weighted by molar-refractivity contribution is -0.124. The first kappa shape index (κ1) is 21.2. The second kappa shape index (κ2) is 12.5. The van der Waals surface area contributed by atoms with Gasteiger partial charge in [-0.15, -0.1) is 0 Å². The monoisotopic (exact) mass is 356 g/mol. The normalized spacial score (nSPS) is 12.3. The summed E-state index contributed by atoms with van der Waals surface area (Å²) in [4.78, 5) is 17.5. The highest BCUT2D eigenvalue weighted by Gasteiger charge is 2.03. The Morgan fingerprint density at radius 3 is 2.69 bits per heavy atom. The molecule has 1 amide bonds. The van der Waals surface area contributed by atoms with Crippen LogP contribution in [-0.2, 0) is 9.53 Å². The van der Waals surface area contributed by atoms with E-state index in [1.54, 1.807) is 38.4 Å². The largest absolute Gasteiger partial charge is 0.501 e. The Balaban J connectivity index is 2.16. The van der Waals surface area contributed by atoms with Gasteiger partial charge >= 0.3 is 0 Å². The number of hydrogen-bond donors (Lipinski definition) is 0. The van der Waals surface area contributed by atoms with Crippen molar-refractivity contribution in [2.75, 3.05) is 20.7 Å². The third-order valence-electron chi connectivity index (χ3n) is 3.55. The van der Waals surface area contributed by atoms with Crippen molar-refractivity contribution < 1.29 is 13.9 Å². The van der Waals surface area contributed by atoms with Crippen LogP contribution in [0.25, 0.3) is 5.57 Å². The molecule has 0 bridgehead atoms. The predicted molar refractivity (Wildman–Crippen MR) is 105 cm³/mol. The highest BCUT2D eigenvalue weighted by Crippen LogP contribution is 2.13. The number of carbonyl (C=O) groups is 1. The third-order valence-corrected chi connectivity index (χ3v) is 3.55. The van der Waals surface area contributed by atoms with E-state index >= 15 is 0 Å². The van der Waals surface area contributed by atoms with Crippen LogP contribution in [0.1, 0.15) is 32.1 Å². The van der Waals surface area contributed by atoms with Crippen molar-refractivity contribution in [2.24, 2.45) is 0 Å². The van der Waals surface area contributed by atoms with E-state index in [0.29, 0.717) is 24.6 Å². The van der Waals surface area contributed by atoms with Gasteiger partial charge in [0.25, 0.3) is 0 Å². The van der Waals surface area contributed by atoms with Crippen LogP contribution in [0.15, 0.2) is 71.7 Å². The molecule has 1 aromatic rings. The van der Waals surface area contributed by atoms with Crippen LogP contribution in [0.5, 0.6) is 0 Å². The number of carbonyl (C=O) groups excluding carboxylic acids is 1. The summed E-state index contributed by atoms with van der Waals surface area (Å²) < 4.78 is 10.2. The minimum atomic E-state index is -0.0645. The molecule has 140 valence electrons. The number of methoxy groups -OCH3 is 1. The summed E-state index contributed by atoms with van der Waals surface area (Å²) in [6.07, 6.45) is 19.5. The summed E-state index contributed by atoms with van der Waals surface area (Å²) in [5.41, 5.74) is 0.858. The average Bonchev–Trinajstić information content (AvgIpc) is 3.17. The topological polar surface area (TPSA) is 55.6 Å². The molecular formula is C21H28N2O3. The van der Waals surface area contributed by atoms with Gasteiger partial charge < -0.3 is 14.1 Å². The van der Waals surface area contributed by atoms with Crippen molar-refractivity contribution >= 4 is 11.5 Å². The van der Waals surface area contributed by atoms with Gasteiger partial charge in [-0.2, -0.15) is 0 Å². The molecule has 0 unspecified atom stereocenters. The quantitative estimate of drug-likeness (QED) is 0.192. The molecule has 0 aromatic carbocycles. The molecule has 0 aliphatic carbocycles. The summed E-state index contributed by atoms with van der Waals surface area (Å²) in [5.74, 6) is 1.12. The summed E-state index contributed by atoms with van der Waals surface area (Å²) >= 11 is 0. The number of unbranched alkanes of at least 4 members (excludes halogenated alkanes) is 1. The zero-order chi connectivity index (χ0) is 19.2. The molecular weight excluding hydrogens is 328 g/mol. The summed E-state index contributed by atoms with van der Waals surface area (Å²) in [6, 6.07) is 0. The Kier molecular flexibility index (Phi) is 10.2. The average molecular weight is 356 g/mol. The zero-order valence-corrected chi connectivity index (χ0v) is 15.9. The van der Waals surface area contributed by atoms with Crippen LogP contribution in [0.3, 0.4) is 0 Å². The summed E-state index contributed by atoms with van der Waals surface area (Å²) in [7, 11) is 3.32. The molecule has 0 aliphatic rings. The summed E-state index contributed by atoms with van der Waals surface area (Å²) in [6.45, 7) is 6.27. The summed E-state index contributed by atoms with van der Waals surface area (Å²) in [5, 5.41) is 0. The fourth-order valence-electron chi connectivity index (χ4n) is 1.92. The number of nitrogens with zero attached hydrogens (tertiary/aromatic N) is 2. The SMILES string of the molecule is C=C(C/C=C\C=C/CC/C=C/CN(C)C(=O)/C=C(/C)OC)c1ncco1. The number of likely N-dealkylation sites (N-methyl/N-ethyl adjacent to an activating group) is 1. The minimum Gasteiger partial charge on any atom is -0.501 e. The van der Waals surface area contributed by atoms with Crippen LogP contribution in [0.4, 0.5) is 0 Å². The molecule has 0 aliphatic heterocycles. The maximum atomic E-state index is 11.8. The maximum absolute atomic E-state index is 11.8. The van der Waals surface area contributed by atoms with E-state index in [1.807, 2.05) is 24.3 Å². The van der Waals surface area contributed by atoms with Crippen molar-refractivity contribution in [3.05, 3.63) is 73.2 Å². The molecule has 5 nitrogen and oxygen atoms in total. The van der Waals surface area contributed by atoms with E-state index in [4.69, 9.17) is 9.15 Å². The Hall–Kier alpha value is -2.82. The number of amides is 1. The highest BCUT2D eigenvalue weighted by molar-refractivity contribution is 5.87. The van der Waals surface area contributed by atoms with Crippen molar-refractivity contribution in [1.82, 2.24) is 9.88 Å². The molecule has 1 aromatic heterocycles. The second-order valence-corrected chi connectivity index (χ2v) is 5.73.